The first-order valence-corrected chi connectivity index (χ1v) is 9.01. The van der Waals surface area contributed by atoms with E-state index in [0.717, 1.165) is 35.5 Å². The lowest BCUT2D eigenvalue weighted by atomic mass is 9.90. The van der Waals surface area contributed by atoms with E-state index in [1.165, 1.54) is 0 Å². The zero-order valence-corrected chi connectivity index (χ0v) is 14.8. The van der Waals surface area contributed by atoms with E-state index in [1.807, 2.05) is 30.3 Å². The van der Waals surface area contributed by atoms with Crippen molar-refractivity contribution in [3.8, 4) is 17.3 Å². The van der Waals surface area contributed by atoms with Gasteiger partial charge in [0.1, 0.15) is 5.82 Å². The molecule has 0 bridgehead atoms. The monoisotopic (exact) mass is 357 g/mol. The Morgan fingerprint density at radius 1 is 1.19 bits per heavy atom. The molecule has 27 heavy (non-hydrogen) atoms. The number of aromatic nitrogens is 3. The first kappa shape index (κ1) is 17.0. The van der Waals surface area contributed by atoms with Gasteiger partial charge in [0.05, 0.1) is 17.3 Å². The third kappa shape index (κ3) is 3.58. The van der Waals surface area contributed by atoms with Gasteiger partial charge in [0, 0.05) is 36.5 Å². The van der Waals surface area contributed by atoms with E-state index in [9.17, 15) is 4.79 Å². The van der Waals surface area contributed by atoms with Gasteiger partial charge >= 0.3 is 0 Å². The zero-order chi connectivity index (χ0) is 18.6. The SMILES string of the molecule is N#Cc1ccc(C[C@H]2CCCN(c3cc(-c4ccncc4)n[nH]3)C2=O)cc1. The van der Waals surface area contributed by atoms with E-state index in [1.54, 1.807) is 29.4 Å². The summed E-state index contributed by atoms with van der Waals surface area (Å²) in [6.45, 7) is 0.695. The second kappa shape index (κ2) is 7.42. The molecular weight excluding hydrogens is 338 g/mol. The summed E-state index contributed by atoms with van der Waals surface area (Å²) in [5, 5.41) is 16.3. The number of hydrogen-bond donors (Lipinski definition) is 1. The number of nitrogens with zero attached hydrogens (tertiary/aromatic N) is 4. The molecule has 1 aliphatic rings. The molecule has 2 aromatic heterocycles. The lowest BCUT2D eigenvalue weighted by Gasteiger charge is -2.31. The summed E-state index contributed by atoms with van der Waals surface area (Å²) >= 11 is 0. The highest BCUT2D eigenvalue weighted by Gasteiger charge is 2.30. The normalized spacial score (nSPS) is 16.9. The van der Waals surface area contributed by atoms with Crippen molar-refractivity contribution in [2.45, 2.75) is 19.3 Å². The third-order valence-electron chi connectivity index (χ3n) is 4.95. The van der Waals surface area contributed by atoms with Gasteiger partial charge in [0.15, 0.2) is 0 Å². The molecule has 0 aliphatic carbocycles. The Bertz CT molecular complexity index is 972. The molecular formula is C21H19N5O. The van der Waals surface area contributed by atoms with E-state index in [2.05, 4.69) is 21.3 Å². The molecule has 0 radical (unpaired) electrons. The number of amides is 1. The smallest absolute Gasteiger partial charge is 0.231 e. The van der Waals surface area contributed by atoms with Crippen LogP contribution in [0.2, 0.25) is 0 Å². The average Bonchev–Trinajstić information content (AvgIpc) is 3.21. The number of carbonyl (C=O) groups excluding carboxylic acids is 1. The van der Waals surface area contributed by atoms with Gasteiger partial charge in [0.2, 0.25) is 5.91 Å². The summed E-state index contributed by atoms with van der Waals surface area (Å²) in [6, 6.07) is 15.3. The largest absolute Gasteiger partial charge is 0.297 e. The van der Waals surface area contributed by atoms with Crippen molar-refractivity contribution in [3.63, 3.8) is 0 Å². The zero-order valence-electron chi connectivity index (χ0n) is 14.8. The van der Waals surface area contributed by atoms with Gasteiger partial charge in [-0.15, -0.1) is 0 Å². The van der Waals surface area contributed by atoms with Crippen molar-refractivity contribution < 1.29 is 4.79 Å². The highest BCUT2D eigenvalue weighted by Crippen LogP contribution is 2.28. The van der Waals surface area contributed by atoms with Crippen LogP contribution in [-0.2, 0) is 11.2 Å². The Hall–Kier alpha value is -3.46. The summed E-state index contributed by atoms with van der Waals surface area (Å²) in [7, 11) is 0. The fraction of sp³-hybridized carbons (Fsp3) is 0.238. The van der Waals surface area contributed by atoms with Crippen LogP contribution in [0.1, 0.15) is 24.0 Å². The molecule has 134 valence electrons. The molecule has 3 heterocycles. The van der Waals surface area contributed by atoms with Gasteiger partial charge in [-0.05, 0) is 49.1 Å². The topological polar surface area (TPSA) is 85.7 Å². The van der Waals surface area contributed by atoms with E-state index in [0.29, 0.717) is 18.5 Å². The van der Waals surface area contributed by atoms with Gasteiger partial charge in [-0.2, -0.15) is 10.4 Å². The number of piperidine rings is 1. The molecule has 0 saturated carbocycles. The van der Waals surface area contributed by atoms with Crippen LogP contribution >= 0.6 is 0 Å². The molecule has 3 aromatic rings. The summed E-state index contributed by atoms with van der Waals surface area (Å²) in [5.41, 5.74) is 3.48. The Morgan fingerprint density at radius 3 is 2.70 bits per heavy atom. The number of nitrogens with one attached hydrogen (secondary N) is 1. The number of carbonyl (C=O) groups is 1. The second-order valence-corrected chi connectivity index (χ2v) is 6.72. The number of nitriles is 1. The van der Waals surface area contributed by atoms with Crippen molar-refractivity contribution in [3.05, 3.63) is 66.0 Å². The third-order valence-corrected chi connectivity index (χ3v) is 4.95. The number of hydrogen-bond acceptors (Lipinski definition) is 4. The van der Waals surface area contributed by atoms with Crippen molar-refractivity contribution in [1.82, 2.24) is 15.2 Å². The maximum Gasteiger partial charge on any atom is 0.231 e. The maximum atomic E-state index is 13.0. The molecule has 1 saturated heterocycles. The molecule has 1 fully saturated rings. The van der Waals surface area contributed by atoms with Gasteiger partial charge in [-0.3, -0.25) is 19.8 Å². The molecule has 6 nitrogen and oxygen atoms in total. The fourth-order valence-corrected chi connectivity index (χ4v) is 3.50. The lowest BCUT2D eigenvalue weighted by Crippen LogP contribution is -2.42. The van der Waals surface area contributed by atoms with Gasteiger partial charge in [-0.1, -0.05) is 12.1 Å². The van der Waals surface area contributed by atoms with Gasteiger partial charge in [-0.25, -0.2) is 0 Å². The molecule has 1 atom stereocenters. The summed E-state index contributed by atoms with van der Waals surface area (Å²) in [4.78, 5) is 18.8. The van der Waals surface area contributed by atoms with Crippen LogP contribution in [0.25, 0.3) is 11.3 Å². The number of H-pyrrole nitrogens is 1. The minimum Gasteiger partial charge on any atom is -0.297 e. The van der Waals surface area contributed by atoms with Crippen molar-refractivity contribution >= 4 is 11.7 Å². The fourth-order valence-electron chi connectivity index (χ4n) is 3.50. The first-order chi connectivity index (χ1) is 13.2. The lowest BCUT2D eigenvalue weighted by molar-refractivity contribution is -0.123. The molecule has 1 aromatic carbocycles. The Labute approximate surface area is 157 Å². The summed E-state index contributed by atoms with van der Waals surface area (Å²) in [5.74, 6) is 0.797. The van der Waals surface area contributed by atoms with Crippen molar-refractivity contribution in [2.75, 3.05) is 11.4 Å². The highest BCUT2D eigenvalue weighted by atomic mass is 16.2. The van der Waals surface area contributed by atoms with Crippen LogP contribution in [0.15, 0.2) is 54.9 Å². The number of rotatable bonds is 4. The van der Waals surface area contributed by atoms with E-state index in [4.69, 9.17) is 5.26 Å². The van der Waals surface area contributed by atoms with Gasteiger partial charge in [0.25, 0.3) is 0 Å². The van der Waals surface area contributed by atoms with Crippen molar-refractivity contribution in [1.29, 1.82) is 5.26 Å². The molecule has 1 N–H and O–H groups in total. The van der Waals surface area contributed by atoms with Crippen LogP contribution in [0.3, 0.4) is 0 Å². The molecule has 4 rings (SSSR count). The number of anilines is 1. The minimum atomic E-state index is -0.0561. The predicted octanol–water partition coefficient (Wildman–Crippen LogP) is 3.33. The maximum absolute atomic E-state index is 13.0. The molecule has 6 heteroatoms. The number of pyridine rings is 1. The van der Waals surface area contributed by atoms with Crippen LogP contribution in [0.4, 0.5) is 5.82 Å². The summed E-state index contributed by atoms with van der Waals surface area (Å²) < 4.78 is 0. The number of aromatic amines is 1. The van der Waals surface area contributed by atoms with Crippen molar-refractivity contribution in [2.24, 2.45) is 5.92 Å². The quantitative estimate of drug-likeness (QED) is 0.776. The highest BCUT2D eigenvalue weighted by molar-refractivity contribution is 5.95. The Morgan fingerprint density at radius 2 is 1.96 bits per heavy atom. The van der Waals surface area contributed by atoms with Crippen LogP contribution in [-0.4, -0.2) is 27.6 Å². The van der Waals surface area contributed by atoms with Crippen LogP contribution < -0.4 is 4.90 Å². The first-order valence-electron chi connectivity index (χ1n) is 9.01. The van der Waals surface area contributed by atoms with Crippen LogP contribution in [0.5, 0.6) is 0 Å². The molecule has 0 spiro atoms. The predicted molar refractivity (Wildman–Crippen MR) is 102 cm³/mol. The van der Waals surface area contributed by atoms with Crippen LogP contribution in [0, 0.1) is 17.2 Å². The Kier molecular flexibility index (Phi) is 4.67. The van der Waals surface area contributed by atoms with E-state index < -0.39 is 0 Å². The van der Waals surface area contributed by atoms with E-state index >= 15 is 0 Å². The standard InChI is InChI=1S/C21H19N5O/c22-14-16-5-3-15(4-6-16)12-18-2-1-11-26(21(18)27)20-13-19(24-25-20)17-7-9-23-10-8-17/h3-10,13,18H,1-2,11-12H2,(H,24,25)/t18-/m1/s1. The second-order valence-electron chi connectivity index (χ2n) is 6.72. The average molecular weight is 357 g/mol. The molecule has 1 amide bonds. The van der Waals surface area contributed by atoms with E-state index in [-0.39, 0.29) is 11.8 Å². The summed E-state index contributed by atoms with van der Waals surface area (Å²) in [6.07, 6.45) is 5.97. The number of benzene rings is 1. The molecule has 1 aliphatic heterocycles. The Balaban J connectivity index is 1.50. The molecule has 0 unspecified atom stereocenters. The minimum absolute atomic E-state index is 0.0561. The van der Waals surface area contributed by atoms with Gasteiger partial charge < -0.3 is 0 Å².